The van der Waals surface area contributed by atoms with Crippen molar-refractivity contribution in [2.75, 3.05) is 11.5 Å². The minimum atomic E-state index is -1.93. The van der Waals surface area contributed by atoms with Crippen molar-refractivity contribution in [2.24, 2.45) is 4.36 Å². The van der Waals surface area contributed by atoms with Gasteiger partial charge in [0.1, 0.15) is 0 Å². The van der Waals surface area contributed by atoms with Crippen molar-refractivity contribution in [3.8, 4) is 0 Å². The van der Waals surface area contributed by atoms with E-state index >= 15 is 0 Å². The topological polar surface area (TPSA) is 33.8 Å². The van der Waals surface area contributed by atoms with Crippen molar-refractivity contribution in [2.45, 2.75) is 44.2 Å². The maximum absolute atomic E-state index is 12.2. The smallest absolute Gasteiger partial charge is 0.231 e. The van der Waals surface area contributed by atoms with E-state index in [0.29, 0.717) is 17.5 Å². The Labute approximate surface area is 85.9 Å². The molecule has 0 aromatic carbocycles. The number of nitrogens with zero attached hydrogens (tertiary/aromatic N) is 2. The average molecular weight is 212 g/mol. The summed E-state index contributed by atoms with van der Waals surface area (Å²) in [6.45, 7) is 9.05. The molecule has 78 valence electrons. The molecule has 0 aromatic heterocycles. The van der Waals surface area contributed by atoms with E-state index in [1.54, 1.807) is 0 Å². The van der Waals surface area contributed by atoms with Gasteiger partial charge in [-0.3, -0.25) is 0 Å². The summed E-state index contributed by atoms with van der Waals surface area (Å²) in [6, 6.07) is 0.389. The van der Waals surface area contributed by atoms with Crippen LogP contribution in [0.1, 0.15) is 32.6 Å². The molecule has 2 aliphatic rings. The van der Waals surface area contributed by atoms with E-state index in [1.165, 1.54) is 0 Å². The lowest BCUT2D eigenvalue weighted by molar-refractivity contribution is 0.498. The van der Waals surface area contributed by atoms with Crippen LogP contribution in [0.4, 0.5) is 0 Å². The van der Waals surface area contributed by atoms with Gasteiger partial charge in [0.25, 0.3) is 0 Å². The molecule has 1 saturated carbocycles. The molecule has 0 aromatic rings. The Morgan fingerprint density at radius 1 is 1.43 bits per heavy atom. The van der Waals surface area contributed by atoms with Gasteiger partial charge in [0.05, 0.1) is 6.04 Å². The standard InChI is InChI=1S/C10H16N2OS/c1-10(11-2)5-7-14(13,8-6-10)12-9-3-4-9/h9H,3-8H2,1H3. The van der Waals surface area contributed by atoms with Crippen LogP contribution < -0.4 is 0 Å². The number of hydrogen-bond acceptors (Lipinski definition) is 2. The van der Waals surface area contributed by atoms with Crippen LogP contribution in [0.5, 0.6) is 0 Å². The van der Waals surface area contributed by atoms with E-state index in [-0.39, 0.29) is 5.54 Å². The second-order valence-electron chi connectivity index (χ2n) is 4.63. The molecule has 1 heterocycles. The molecule has 0 N–H and O–H groups in total. The first-order valence-corrected chi connectivity index (χ1v) is 7.01. The summed E-state index contributed by atoms with van der Waals surface area (Å²) >= 11 is 0. The maximum Gasteiger partial charge on any atom is 0.231 e. The molecule has 0 amide bonds. The molecule has 1 aliphatic heterocycles. The zero-order chi connectivity index (χ0) is 10.2. The Morgan fingerprint density at radius 3 is 2.43 bits per heavy atom. The van der Waals surface area contributed by atoms with Crippen molar-refractivity contribution >= 4 is 9.73 Å². The first-order valence-electron chi connectivity index (χ1n) is 5.16. The highest BCUT2D eigenvalue weighted by molar-refractivity contribution is 7.93. The fourth-order valence-corrected chi connectivity index (χ4v) is 4.34. The molecular formula is C10H16N2OS. The van der Waals surface area contributed by atoms with Crippen LogP contribution in [-0.2, 0) is 9.73 Å². The average Bonchev–Trinajstić information content (AvgIpc) is 2.95. The zero-order valence-corrected chi connectivity index (χ0v) is 9.35. The summed E-state index contributed by atoms with van der Waals surface area (Å²) < 4.78 is 16.6. The predicted molar refractivity (Wildman–Crippen MR) is 57.6 cm³/mol. The highest BCUT2D eigenvalue weighted by Crippen LogP contribution is 2.31. The molecule has 0 spiro atoms. The number of rotatable bonds is 1. The van der Waals surface area contributed by atoms with Gasteiger partial charge >= 0.3 is 0 Å². The van der Waals surface area contributed by atoms with E-state index in [0.717, 1.165) is 25.7 Å². The first-order chi connectivity index (χ1) is 6.55. The highest BCUT2D eigenvalue weighted by Gasteiger charge is 2.38. The van der Waals surface area contributed by atoms with Crippen LogP contribution in [0.3, 0.4) is 0 Å². The quantitative estimate of drug-likeness (QED) is 0.613. The van der Waals surface area contributed by atoms with Crippen molar-refractivity contribution in [1.29, 1.82) is 0 Å². The normalized spacial score (nSPS) is 42.9. The van der Waals surface area contributed by atoms with E-state index in [4.69, 9.17) is 6.57 Å². The van der Waals surface area contributed by atoms with Gasteiger partial charge in [0, 0.05) is 41.0 Å². The van der Waals surface area contributed by atoms with Crippen LogP contribution in [0, 0.1) is 6.57 Å². The zero-order valence-electron chi connectivity index (χ0n) is 8.53. The van der Waals surface area contributed by atoms with E-state index in [1.807, 2.05) is 6.92 Å². The van der Waals surface area contributed by atoms with Crippen molar-refractivity contribution in [3.05, 3.63) is 11.4 Å². The Bertz CT molecular complexity index is 369. The monoisotopic (exact) mass is 212 g/mol. The van der Waals surface area contributed by atoms with Gasteiger partial charge in [0.15, 0.2) is 0 Å². The highest BCUT2D eigenvalue weighted by atomic mass is 32.2. The van der Waals surface area contributed by atoms with Gasteiger partial charge in [-0.1, -0.05) is 0 Å². The molecule has 0 bridgehead atoms. The van der Waals surface area contributed by atoms with E-state index < -0.39 is 9.73 Å². The van der Waals surface area contributed by atoms with Gasteiger partial charge in [0.2, 0.25) is 5.54 Å². The fraction of sp³-hybridized carbons (Fsp3) is 0.900. The second-order valence-corrected chi connectivity index (χ2v) is 7.20. The molecule has 0 radical (unpaired) electrons. The predicted octanol–water partition coefficient (Wildman–Crippen LogP) is 2.09. The molecular weight excluding hydrogens is 196 g/mol. The largest absolute Gasteiger partial charge is 0.311 e. The molecule has 2 fully saturated rings. The summed E-state index contributed by atoms with van der Waals surface area (Å²) in [7, 11) is -1.93. The molecule has 14 heavy (non-hydrogen) atoms. The summed E-state index contributed by atoms with van der Waals surface area (Å²) in [6.07, 6.45) is 3.76. The maximum atomic E-state index is 12.2. The molecule has 3 nitrogen and oxygen atoms in total. The Hall–Kier alpha value is -0.560. The molecule has 2 rings (SSSR count). The minimum absolute atomic E-state index is 0.264. The van der Waals surface area contributed by atoms with Crippen LogP contribution in [-0.4, -0.2) is 27.3 Å². The van der Waals surface area contributed by atoms with E-state index in [2.05, 4.69) is 9.21 Å². The lowest BCUT2D eigenvalue weighted by Crippen LogP contribution is -2.33. The molecule has 1 aliphatic carbocycles. The summed E-state index contributed by atoms with van der Waals surface area (Å²) in [5.74, 6) is 1.28. The SMILES string of the molecule is [C-]#[N+]C1(C)CCS(=O)(=NC2CC2)CC1. The molecule has 0 unspecified atom stereocenters. The lowest BCUT2D eigenvalue weighted by atomic mass is 9.96. The minimum Gasteiger partial charge on any atom is -0.311 e. The summed E-state index contributed by atoms with van der Waals surface area (Å²) in [4.78, 5) is 3.62. The lowest BCUT2D eigenvalue weighted by Gasteiger charge is -2.24. The first kappa shape index (κ1) is 9.97. The van der Waals surface area contributed by atoms with Crippen molar-refractivity contribution < 1.29 is 4.21 Å². The van der Waals surface area contributed by atoms with Crippen LogP contribution in [0.25, 0.3) is 4.85 Å². The van der Waals surface area contributed by atoms with Gasteiger partial charge < -0.3 is 4.85 Å². The third-order valence-electron chi connectivity index (χ3n) is 3.08. The molecule has 0 atom stereocenters. The Morgan fingerprint density at radius 2 is 2.00 bits per heavy atom. The third kappa shape index (κ3) is 2.09. The second kappa shape index (κ2) is 3.23. The van der Waals surface area contributed by atoms with Crippen molar-refractivity contribution in [1.82, 2.24) is 0 Å². The van der Waals surface area contributed by atoms with Gasteiger partial charge in [-0.15, -0.1) is 0 Å². The van der Waals surface area contributed by atoms with Gasteiger partial charge in [-0.2, -0.15) is 0 Å². The summed E-state index contributed by atoms with van der Waals surface area (Å²) in [5, 5.41) is 0. The van der Waals surface area contributed by atoms with Crippen LogP contribution in [0.2, 0.25) is 0 Å². The fourth-order valence-electron chi connectivity index (χ4n) is 1.65. The van der Waals surface area contributed by atoms with Gasteiger partial charge in [-0.05, 0) is 12.8 Å². The molecule has 4 heteroatoms. The molecule has 1 saturated heterocycles. The Balaban J connectivity index is 2.09. The third-order valence-corrected chi connectivity index (χ3v) is 5.44. The Kier molecular flexibility index (Phi) is 2.30. The van der Waals surface area contributed by atoms with Crippen LogP contribution in [0.15, 0.2) is 4.36 Å². The summed E-state index contributed by atoms with van der Waals surface area (Å²) in [5.41, 5.74) is -0.264. The van der Waals surface area contributed by atoms with Crippen LogP contribution >= 0.6 is 0 Å². The van der Waals surface area contributed by atoms with E-state index in [9.17, 15) is 4.21 Å². The van der Waals surface area contributed by atoms with Crippen molar-refractivity contribution in [3.63, 3.8) is 0 Å². The number of hydrogen-bond donors (Lipinski definition) is 0. The van der Waals surface area contributed by atoms with Gasteiger partial charge in [-0.25, -0.2) is 15.1 Å².